The molecule has 9 nitrogen and oxygen atoms in total. The summed E-state index contributed by atoms with van der Waals surface area (Å²) in [5.41, 5.74) is 1.07. The summed E-state index contributed by atoms with van der Waals surface area (Å²) in [6.45, 7) is 3.72. The number of carbonyl (C=O) groups is 2. The average Bonchev–Trinajstić information content (AvgIpc) is 3.00. The van der Waals surface area contributed by atoms with Crippen molar-refractivity contribution in [2.45, 2.75) is 42.6 Å². The molecule has 0 bridgehead atoms. The van der Waals surface area contributed by atoms with Crippen molar-refractivity contribution in [2.75, 3.05) is 37.9 Å². The third-order valence-corrected chi connectivity index (χ3v) is 9.04. The van der Waals surface area contributed by atoms with Crippen molar-refractivity contribution in [1.29, 1.82) is 0 Å². The van der Waals surface area contributed by atoms with Crippen LogP contribution in [0.2, 0.25) is 0 Å². The number of carbonyl (C=O) groups excluding carboxylic acids is 2. The zero-order valence-corrected chi connectivity index (χ0v) is 25.6. The predicted molar refractivity (Wildman–Crippen MR) is 162 cm³/mol. The first-order valence-corrected chi connectivity index (χ1v) is 15.9. The molecule has 0 aliphatic rings. The molecule has 2 amide bonds. The molecule has 3 aromatic carbocycles. The maximum absolute atomic E-state index is 14.0. The van der Waals surface area contributed by atoms with Crippen LogP contribution in [0, 0.1) is 0 Å². The molecule has 1 atom stereocenters. The number of nitrogens with zero attached hydrogens (tertiary/aromatic N) is 2. The molecule has 0 spiro atoms. The second-order valence-corrected chi connectivity index (χ2v) is 11.8. The highest BCUT2D eigenvalue weighted by Crippen LogP contribution is 2.28. The first kappa shape index (κ1) is 31.8. The molecule has 220 valence electrons. The lowest BCUT2D eigenvalue weighted by molar-refractivity contribution is -0.140. The summed E-state index contributed by atoms with van der Waals surface area (Å²) >= 11 is 1.50. The Kier molecular flexibility index (Phi) is 11.5. The number of nitrogens with one attached hydrogen (secondary N) is 1. The van der Waals surface area contributed by atoms with Gasteiger partial charge in [-0.3, -0.25) is 13.9 Å². The number of hydrogen-bond donors (Lipinski definition) is 1. The lowest BCUT2D eigenvalue weighted by Gasteiger charge is -2.33. The summed E-state index contributed by atoms with van der Waals surface area (Å²) in [7, 11) is -1.08. The number of hydrogen-bond acceptors (Lipinski definition) is 7. The van der Waals surface area contributed by atoms with Gasteiger partial charge < -0.3 is 19.7 Å². The highest BCUT2D eigenvalue weighted by Gasteiger charge is 2.33. The minimum absolute atomic E-state index is 0.0528. The second kappa shape index (κ2) is 14.8. The van der Waals surface area contributed by atoms with E-state index in [2.05, 4.69) is 5.32 Å². The molecule has 41 heavy (non-hydrogen) atoms. The lowest BCUT2D eigenvalue weighted by atomic mass is 10.1. The third kappa shape index (κ3) is 7.95. The maximum atomic E-state index is 14.0. The van der Waals surface area contributed by atoms with E-state index in [9.17, 15) is 18.0 Å². The van der Waals surface area contributed by atoms with Gasteiger partial charge in [0.05, 0.1) is 24.3 Å². The summed E-state index contributed by atoms with van der Waals surface area (Å²) in [6.07, 6.45) is 2.25. The van der Waals surface area contributed by atoms with Crippen molar-refractivity contribution < 1.29 is 27.5 Å². The van der Waals surface area contributed by atoms with Gasteiger partial charge >= 0.3 is 0 Å². The maximum Gasteiger partial charge on any atom is 0.264 e. The summed E-state index contributed by atoms with van der Waals surface area (Å²) in [5, 5.41) is 2.62. The molecular weight excluding hydrogens is 562 g/mol. The van der Waals surface area contributed by atoms with Gasteiger partial charge in [-0.05, 0) is 85.8 Å². The molecule has 3 aromatic rings. The lowest BCUT2D eigenvalue weighted by Crippen LogP contribution is -2.51. The molecule has 1 N–H and O–H groups in total. The number of thioether (sulfide) groups is 1. The van der Waals surface area contributed by atoms with E-state index in [1.165, 1.54) is 35.8 Å². The Labute approximate surface area is 246 Å². The number of sulfonamides is 1. The van der Waals surface area contributed by atoms with Gasteiger partial charge in [-0.1, -0.05) is 19.1 Å². The van der Waals surface area contributed by atoms with E-state index in [0.29, 0.717) is 30.2 Å². The number of likely N-dealkylation sites (N-methyl/N-ethyl adjacent to an activating group) is 1. The van der Waals surface area contributed by atoms with Crippen molar-refractivity contribution in [3.05, 3.63) is 78.4 Å². The standard InChI is InChI=1S/C30H37N3O6S2/c1-6-28(30(35)31-3)32(20-22-8-12-24(38-4)13-9-22)29(34)21-33(23-10-14-25(15-11-23)39-7-2)41(36,37)27-18-16-26(40-5)17-19-27/h8-19,28H,6-7,20-21H2,1-5H3,(H,31,35)/t28-/m1/s1. The van der Waals surface area contributed by atoms with Gasteiger partial charge in [0.15, 0.2) is 0 Å². The minimum Gasteiger partial charge on any atom is -0.497 e. The number of ether oxygens (including phenoxy) is 2. The molecule has 0 aliphatic carbocycles. The van der Waals surface area contributed by atoms with Crippen LogP contribution in [-0.2, 0) is 26.2 Å². The summed E-state index contributed by atoms with van der Waals surface area (Å²) < 4.78 is 39.8. The fraction of sp³-hybridized carbons (Fsp3) is 0.333. The predicted octanol–water partition coefficient (Wildman–Crippen LogP) is 4.56. The van der Waals surface area contributed by atoms with Gasteiger partial charge in [-0.15, -0.1) is 11.8 Å². The molecule has 11 heteroatoms. The molecule has 0 unspecified atom stereocenters. The van der Waals surface area contributed by atoms with Gasteiger partial charge in [-0.25, -0.2) is 8.42 Å². The molecular formula is C30H37N3O6S2. The first-order chi connectivity index (χ1) is 19.7. The zero-order valence-electron chi connectivity index (χ0n) is 24.0. The van der Waals surface area contributed by atoms with E-state index in [1.54, 1.807) is 55.6 Å². The summed E-state index contributed by atoms with van der Waals surface area (Å²) in [5.74, 6) is 0.383. The van der Waals surface area contributed by atoms with Crippen LogP contribution in [0.4, 0.5) is 5.69 Å². The van der Waals surface area contributed by atoms with E-state index in [1.807, 2.05) is 32.2 Å². The molecule has 0 heterocycles. The number of methoxy groups -OCH3 is 1. The van der Waals surface area contributed by atoms with Crippen molar-refractivity contribution >= 4 is 39.3 Å². The monoisotopic (exact) mass is 599 g/mol. The van der Waals surface area contributed by atoms with Crippen molar-refractivity contribution in [2.24, 2.45) is 0 Å². The molecule has 0 saturated carbocycles. The molecule has 3 rings (SSSR count). The number of amides is 2. The van der Waals surface area contributed by atoms with Gasteiger partial charge in [0.25, 0.3) is 10.0 Å². The molecule has 0 fully saturated rings. The smallest absolute Gasteiger partial charge is 0.264 e. The number of benzene rings is 3. The molecule has 0 aromatic heterocycles. The Morgan fingerprint density at radius 3 is 2.05 bits per heavy atom. The fourth-order valence-electron chi connectivity index (χ4n) is 4.29. The third-order valence-electron chi connectivity index (χ3n) is 6.51. The largest absolute Gasteiger partial charge is 0.497 e. The Morgan fingerprint density at radius 1 is 0.927 bits per heavy atom. The number of anilines is 1. The van der Waals surface area contributed by atoms with Crippen LogP contribution in [0.3, 0.4) is 0 Å². The van der Waals surface area contributed by atoms with E-state index in [-0.39, 0.29) is 17.3 Å². The minimum atomic E-state index is -4.15. The van der Waals surface area contributed by atoms with Crippen LogP contribution in [0.1, 0.15) is 25.8 Å². The molecule has 0 aliphatic heterocycles. The van der Waals surface area contributed by atoms with Crippen molar-refractivity contribution in [3.63, 3.8) is 0 Å². The van der Waals surface area contributed by atoms with Gasteiger partial charge in [-0.2, -0.15) is 0 Å². The molecule has 0 radical (unpaired) electrons. The highest BCUT2D eigenvalue weighted by atomic mass is 32.2. The SMILES string of the molecule is CCOc1ccc(N(CC(=O)N(Cc2ccc(OC)cc2)[C@H](CC)C(=O)NC)S(=O)(=O)c2ccc(SC)cc2)cc1. The van der Waals surface area contributed by atoms with E-state index < -0.39 is 28.5 Å². The van der Waals surface area contributed by atoms with Crippen LogP contribution in [0.25, 0.3) is 0 Å². The highest BCUT2D eigenvalue weighted by molar-refractivity contribution is 7.98. The van der Waals surface area contributed by atoms with E-state index >= 15 is 0 Å². The van der Waals surface area contributed by atoms with Crippen LogP contribution >= 0.6 is 11.8 Å². The summed E-state index contributed by atoms with van der Waals surface area (Å²) in [4.78, 5) is 29.2. The Morgan fingerprint density at radius 2 is 1.54 bits per heavy atom. The second-order valence-electron chi connectivity index (χ2n) is 9.02. The Balaban J connectivity index is 2.05. The first-order valence-electron chi connectivity index (χ1n) is 13.2. The van der Waals surface area contributed by atoms with Crippen LogP contribution in [-0.4, -0.2) is 64.7 Å². The topological polar surface area (TPSA) is 105 Å². The van der Waals surface area contributed by atoms with Crippen LogP contribution in [0.15, 0.2) is 82.6 Å². The van der Waals surface area contributed by atoms with Gasteiger partial charge in [0, 0.05) is 18.5 Å². The van der Waals surface area contributed by atoms with Gasteiger partial charge in [0.2, 0.25) is 11.8 Å². The van der Waals surface area contributed by atoms with Crippen molar-refractivity contribution in [1.82, 2.24) is 10.2 Å². The molecule has 0 saturated heterocycles. The zero-order chi connectivity index (χ0) is 30.0. The average molecular weight is 600 g/mol. The van der Waals surface area contributed by atoms with Gasteiger partial charge in [0.1, 0.15) is 24.1 Å². The Bertz CT molecular complexity index is 1400. The van der Waals surface area contributed by atoms with E-state index in [0.717, 1.165) is 14.8 Å². The normalized spacial score (nSPS) is 11.8. The van der Waals surface area contributed by atoms with Crippen LogP contribution < -0.4 is 19.1 Å². The number of rotatable bonds is 14. The summed E-state index contributed by atoms with van der Waals surface area (Å²) in [6, 6.07) is 19.4. The van der Waals surface area contributed by atoms with Crippen molar-refractivity contribution in [3.8, 4) is 11.5 Å². The van der Waals surface area contributed by atoms with E-state index in [4.69, 9.17) is 9.47 Å². The quantitative estimate of drug-likeness (QED) is 0.271. The van der Waals surface area contributed by atoms with Crippen LogP contribution in [0.5, 0.6) is 11.5 Å². The fourth-order valence-corrected chi connectivity index (χ4v) is 6.12. The Hall–Kier alpha value is -3.70.